The monoisotopic (exact) mass is 274 g/mol. The first kappa shape index (κ1) is 15.9. The fraction of sp³-hybridized carbons (Fsp3) is 0.714. The summed E-state index contributed by atoms with van der Waals surface area (Å²) in [5, 5.41) is 0. The van der Waals surface area contributed by atoms with Gasteiger partial charge in [0.2, 0.25) is 0 Å². The topological polar surface area (TPSA) is 25.8 Å². The van der Waals surface area contributed by atoms with Crippen LogP contribution in [0.2, 0.25) is 0 Å². The zero-order valence-corrected chi connectivity index (χ0v) is 11.5. The summed E-state index contributed by atoms with van der Waals surface area (Å²) >= 11 is 0. The third-order valence-electron chi connectivity index (χ3n) is 3.26. The number of alkyl halides is 3. The normalized spacial score (nSPS) is 13.5. The lowest BCUT2D eigenvalue weighted by Crippen LogP contribution is -2.10. The highest BCUT2D eigenvalue weighted by atomic mass is 19.4. The standard InChI is InChI=1S/C14H21F3N2/c1-3-5-6-7-8-11(4-2)13-18-9-12(10-19-13)14(15,16)17/h9-11H,3-8H2,1-2H3. The number of unbranched alkanes of at least 4 members (excludes halogenated alkanes) is 3. The van der Waals surface area contributed by atoms with E-state index < -0.39 is 11.7 Å². The fourth-order valence-corrected chi connectivity index (χ4v) is 2.03. The van der Waals surface area contributed by atoms with Gasteiger partial charge in [-0.2, -0.15) is 13.2 Å². The second kappa shape index (κ2) is 7.46. The van der Waals surface area contributed by atoms with Gasteiger partial charge in [0, 0.05) is 18.3 Å². The minimum Gasteiger partial charge on any atom is -0.240 e. The smallest absolute Gasteiger partial charge is 0.240 e. The predicted octanol–water partition coefficient (Wildman–Crippen LogP) is 4.96. The van der Waals surface area contributed by atoms with Gasteiger partial charge in [-0.05, 0) is 12.8 Å². The van der Waals surface area contributed by atoms with Crippen molar-refractivity contribution in [1.29, 1.82) is 0 Å². The van der Waals surface area contributed by atoms with Crippen molar-refractivity contribution in [3.8, 4) is 0 Å². The third kappa shape index (κ3) is 5.17. The van der Waals surface area contributed by atoms with E-state index in [4.69, 9.17) is 0 Å². The molecule has 0 radical (unpaired) electrons. The van der Waals surface area contributed by atoms with E-state index in [0.29, 0.717) is 5.82 Å². The van der Waals surface area contributed by atoms with Gasteiger partial charge in [0.1, 0.15) is 5.82 Å². The van der Waals surface area contributed by atoms with Crippen LogP contribution in [0.1, 0.15) is 69.7 Å². The predicted molar refractivity (Wildman–Crippen MR) is 68.8 cm³/mol. The number of halogens is 3. The highest BCUT2D eigenvalue weighted by Crippen LogP contribution is 2.29. The van der Waals surface area contributed by atoms with Crippen molar-refractivity contribution in [2.75, 3.05) is 0 Å². The highest BCUT2D eigenvalue weighted by Gasteiger charge is 2.31. The van der Waals surface area contributed by atoms with Gasteiger partial charge in [-0.25, -0.2) is 9.97 Å². The first-order valence-corrected chi connectivity index (χ1v) is 6.88. The molecule has 1 rings (SSSR count). The average Bonchev–Trinajstić information content (AvgIpc) is 2.38. The molecule has 1 aromatic rings. The van der Waals surface area contributed by atoms with Crippen molar-refractivity contribution in [2.24, 2.45) is 0 Å². The molecule has 19 heavy (non-hydrogen) atoms. The highest BCUT2D eigenvalue weighted by molar-refractivity contribution is 5.10. The molecule has 1 unspecified atom stereocenters. The maximum atomic E-state index is 12.4. The molecular weight excluding hydrogens is 253 g/mol. The molecule has 0 aliphatic rings. The molecule has 0 spiro atoms. The van der Waals surface area contributed by atoms with E-state index in [0.717, 1.165) is 38.1 Å². The van der Waals surface area contributed by atoms with Gasteiger partial charge in [0.05, 0.1) is 5.56 Å². The van der Waals surface area contributed by atoms with Crippen LogP contribution in [0.4, 0.5) is 13.2 Å². The molecule has 5 heteroatoms. The molecule has 0 fully saturated rings. The molecule has 1 heterocycles. The van der Waals surface area contributed by atoms with Crippen LogP contribution in [-0.2, 0) is 6.18 Å². The van der Waals surface area contributed by atoms with Gasteiger partial charge in [0.15, 0.2) is 0 Å². The van der Waals surface area contributed by atoms with E-state index in [9.17, 15) is 13.2 Å². The van der Waals surface area contributed by atoms with Crippen LogP contribution < -0.4 is 0 Å². The molecule has 0 bridgehead atoms. The zero-order chi connectivity index (χ0) is 14.3. The van der Waals surface area contributed by atoms with Gasteiger partial charge in [-0.15, -0.1) is 0 Å². The Labute approximate surface area is 112 Å². The van der Waals surface area contributed by atoms with Crippen molar-refractivity contribution in [2.45, 2.75) is 64.5 Å². The van der Waals surface area contributed by atoms with Gasteiger partial charge in [-0.3, -0.25) is 0 Å². The Morgan fingerprint density at radius 2 is 1.68 bits per heavy atom. The maximum absolute atomic E-state index is 12.4. The number of nitrogens with zero attached hydrogens (tertiary/aromatic N) is 2. The summed E-state index contributed by atoms with van der Waals surface area (Å²) in [6, 6.07) is 0. The molecule has 0 saturated carbocycles. The van der Waals surface area contributed by atoms with E-state index in [1.165, 1.54) is 12.8 Å². The minimum absolute atomic E-state index is 0.166. The molecule has 0 aliphatic heterocycles. The molecule has 2 nitrogen and oxygen atoms in total. The number of rotatable bonds is 7. The molecular formula is C14H21F3N2. The average molecular weight is 274 g/mol. The summed E-state index contributed by atoms with van der Waals surface area (Å²) in [5.74, 6) is 0.700. The second-order valence-corrected chi connectivity index (χ2v) is 4.78. The molecule has 1 atom stereocenters. The van der Waals surface area contributed by atoms with Gasteiger partial charge < -0.3 is 0 Å². The summed E-state index contributed by atoms with van der Waals surface area (Å²) in [7, 11) is 0. The lowest BCUT2D eigenvalue weighted by atomic mass is 9.97. The molecule has 0 N–H and O–H groups in total. The molecule has 0 amide bonds. The van der Waals surface area contributed by atoms with E-state index >= 15 is 0 Å². The minimum atomic E-state index is -4.36. The number of hydrogen-bond acceptors (Lipinski definition) is 2. The molecule has 0 saturated heterocycles. The lowest BCUT2D eigenvalue weighted by Gasteiger charge is -2.14. The van der Waals surface area contributed by atoms with Crippen molar-refractivity contribution < 1.29 is 13.2 Å². The number of hydrogen-bond donors (Lipinski definition) is 0. The Kier molecular flexibility index (Phi) is 6.25. The van der Waals surface area contributed by atoms with Gasteiger partial charge >= 0.3 is 6.18 Å². The largest absolute Gasteiger partial charge is 0.419 e. The van der Waals surface area contributed by atoms with Crippen molar-refractivity contribution in [3.05, 3.63) is 23.8 Å². The summed E-state index contributed by atoms with van der Waals surface area (Å²) < 4.78 is 37.2. The second-order valence-electron chi connectivity index (χ2n) is 4.78. The first-order valence-electron chi connectivity index (χ1n) is 6.88. The van der Waals surface area contributed by atoms with Crippen LogP contribution in [-0.4, -0.2) is 9.97 Å². The Hall–Kier alpha value is -1.13. The van der Waals surface area contributed by atoms with Crippen LogP contribution in [0, 0.1) is 0 Å². The Bertz CT molecular complexity index is 360. The quantitative estimate of drug-likeness (QED) is 0.657. The van der Waals surface area contributed by atoms with Crippen molar-refractivity contribution >= 4 is 0 Å². The van der Waals surface area contributed by atoms with Crippen molar-refractivity contribution in [1.82, 2.24) is 9.97 Å². The van der Waals surface area contributed by atoms with Crippen LogP contribution in [0.3, 0.4) is 0 Å². The molecule has 0 aliphatic carbocycles. The van der Waals surface area contributed by atoms with Crippen LogP contribution in [0.15, 0.2) is 12.4 Å². The molecule has 0 aromatic carbocycles. The van der Waals surface area contributed by atoms with Crippen LogP contribution in [0.5, 0.6) is 0 Å². The van der Waals surface area contributed by atoms with E-state index in [1.54, 1.807) is 0 Å². The van der Waals surface area contributed by atoms with Crippen LogP contribution in [0.25, 0.3) is 0 Å². The first-order chi connectivity index (χ1) is 8.99. The SMILES string of the molecule is CCCCCCC(CC)c1ncc(C(F)(F)F)cn1. The van der Waals surface area contributed by atoms with E-state index in [-0.39, 0.29) is 5.92 Å². The Morgan fingerprint density at radius 3 is 2.16 bits per heavy atom. The Balaban J connectivity index is 2.61. The van der Waals surface area contributed by atoms with E-state index in [1.807, 2.05) is 6.92 Å². The van der Waals surface area contributed by atoms with Gasteiger partial charge in [-0.1, -0.05) is 39.5 Å². The summed E-state index contributed by atoms with van der Waals surface area (Å²) in [4.78, 5) is 7.77. The lowest BCUT2D eigenvalue weighted by molar-refractivity contribution is -0.138. The maximum Gasteiger partial charge on any atom is 0.419 e. The fourth-order valence-electron chi connectivity index (χ4n) is 2.03. The summed E-state index contributed by atoms with van der Waals surface area (Å²) in [6.45, 7) is 4.17. The molecule has 1 aromatic heterocycles. The third-order valence-corrected chi connectivity index (χ3v) is 3.26. The number of aromatic nitrogens is 2. The zero-order valence-electron chi connectivity index (χ0n) is 11.5. The summed E-state index contributed by atoms with van der Waals surface area (Å²) in [6.07, 6.45) is 3.83. The van der Waals surface area contributed by atoms with E-state index in [2.05, 4.69) is 16.9 Å². The van der Waals surface area contributed by atoms with Gasteiger partial charge in [0.25, 0.3) is 0 Å². The Morgan fingerprint density at radius 1 is 1.05 bits per heavy atom. The molecule has 108 valence electrons. The van der Waals surface area contributed by atoms with Crippen molar-refractivity contribution in [3.63, 3.8) is 0 Å². The van der Waals surface area contributed by atoms with Crippen LogP contribution >= 0.6 is 0 Å². The summed E-state index contributed by atoms with van der Waals surface area (Å²) in [5.41, 5.74) is -0.780.